The van der Waals surface area contributed by atoms with Gasteiger partial charge >= 0.3 is 6.18 Å². The van der Waals surface area contributed by atoms with Crippen LogP contribution in [0, 0.1) is 0 Å². The van der Waals surface area contributed by atoms with Crippen LogP contribution in [0.3, 0.4) is 0 Å². The second-order valence-corrected chi connectivity index (χ2v) is 7.62. The number of benzene rings is 3. The summed E-state index contributed by atoms with van der Waals surface area (Å²) in [5, 5.41) is 5.31. The summed E-state index contributed by atoms with van der Waals surface area (Å²) in [5.74, 6) is 0.220. The van der Waals surface area contributed by atoms with Crippen molar-refractivity contribution >= 4 is 22.9 Å². The predicted octanol–water partition coefficient (Wildman–Crippen LogP) is 7.16. The maximum Gasteiger partial charge on any atom is 0.417 e. The fourth-order valence-corrected chi connectivity index (χ4v) is 3.91. The van der Waals surface area contributed by atoms with Crippen LogP contribution in [0.2, 0.25) is 0 Å². The number of rotatable bonds is 5. The van der Waals surface area contributed by atoms with Crippen LogP contribution >= 0.6 is 0 Å². The predicted molar refractivity (Wildman–Crippen MR) is 129 cm³/mol. The van der Waals surface area contributed by atoms with Crippen molar-refractivity contribution in [3.63, 3.8) is 0 Å². The summed E-state index contributed by atoms with van der Waals surface area (Å²) in [6, 6.07) is 30.3. The van der Waals surface area contributed by atoms with Crippen LogP contribution in [0.4, 0.5) is 19.0 Å². The number of fused-ring (bicyclic) bond motifs is 1. The molecule has 0 aliphatic carbocycles. The van der Waals surface area contributed by atoms with Gasteiger partial charge in [-0.3, -0.25) is 5.43 Å². The molecule has 0 fully saturated rings. The van der Waals surface area contributed by atoms with Crippen LogP contribution < -0.4 is 5.43 Å². The molecule has 0 aliphatic rings. The monoisotopic (exact) mass is 456 g/mol. The van der Waals surface area contributed by atoms with E-state index in [1.54, 1.807) is 6.21 Å². The lowest BCUT2D eigenvalue weighted by molar-refractivity contribution is -0.137. The summed E-state index contributed by atoms with van der Waals surface area (Å²) < 4.78 is 40.6. The largest absolute Gasteiger partial charge is 0.417 e. The zero-order chi connectivity index (χ0) is 23.5. The van der Waals surface area contributed by atoms with Crippen LogP contribution in [0.15, 0.2) is 108 Å². The van der Waals surface area contributed by atoms with E-state index >= 15 is 0 Å². The number of aromatic nitrogens is 2. The Morgan fingerprint density at radius 2 is 1.47 bits per heavy atom. The van der Waals surface area contributed by atoms with E-state index in [2.05, 4.69) is 26.1 Å². The van der Waals surface area contributed by atoms with Gasteiger partial charge in [-0.15, -0.1) is 0 Å². The Labute approximate surface area is 194 Å². The molecule has 2 heterocycles. The van der Waals surface area contributed by atoms with Gasteiger partial charge in [-0.25, -0.2) is 4.98 Å². The Bertz CT molecular complexity index is 1440. The highest BCUT2D eigenvalue weighted by Gasteiger charge is 2.30. The molecule has 4 nitrogen and oxygen atoms in total. The Morgan fingerprint density at radius 3 is 2.15 bits per heavy atom. The van der Waals surface area contributed by atoms with E-state index in [0.717, 1.165) is 45.7 Å². The van der Waals surface area contributed by atoms with Crippen molar-refractivity contribution in [2.75, 3.05) is 5.43 Å². The van der Waals surface area contributed by atoms with Gasteiger partial charge < -0.3 is 4.57 Å². The molecule has 5 rings (SSSR count). The highest BCUT2D eigenvalue weighted by atomic mass is 19.4. The Balaban J connectivity index is 1.61. The van der Waals surface area contributed by atoms with Gasteiger partial charge in [0.1, 0.15) is 5.82 Å². The van der Waals surface area contributed by atoms with E-state index in [4.69, 9.17) is 0 Å². The maximum atomic E-state index is 12.8. The normalized spacial score (nSPS) is 11.9. The van der Waals surface area contributed by atoms with Gasteiger partial charge in [0, 0.05) is 22.8 Å². The molecule has 0 radical (unpaired) electrons. The molecule has 0 saturated heterocycles. The first-order valence-corrected chi connectivity index (χ1v) is 10.6. The SMILES string of the molecule is FC(F)(F)c1ccc(NN=Cc2c(-c3ccccc3)n(-c3ccccc3)c3ccccc23)nc1. The van der Waals surface area contributed by atoms with Crippen molar-refractivity contribution in [3.05, 3.63) is 114 Å². The zero-order valence-electron chi connectivity index (χ0n) is 17.9. The molecule has 1 N–H and O–H groups in total. The average Bonchev–Trinajstić information content (AvgIpc) is 3.19. The molecular weight excluding hydrogens is 437 g/mol. The molecule has 0 spiro atoms. The minimum absolute atomic E-state index is 0.220. The summed E-state index contributed by atoms with van der Waals surface area (Å²) >= 11 is 0. The third-order valence-corrected chi connectivity index (χ3v) is 5.44. The van der Waals surface area contributed by atoms with Gasteiger partial charge in [-0.2, -0.15) is 18.3 Å². The molecule has 168 valence electrons. The Morgan fingerprint density at radius 1 is 0.794 bits per heavy atom. The number of halogens is 3. The standard InChI is InChI=1S/C27H19F3N4/c28-27(29,30)20-15-16-25(31-17-20)33-32-18-23-22-13-7-8-14-24(22)34(21-11-5-2-6-12-21)26(23)19-9-3-1-4-10-19/h1-18H,(H,31,33). The zero-order valence-corrected chi connectivity index (χ0v) is 17.9. The lowest BCUT2D eigenvalue weighted by Gasteiger charge is -2.12. The van der Waals surface area contributed by atoms with Crippen molar-refractivity contribution in [1.29, 1.82) is 0 Å². The van der Waals surface area contributed by atoms with Crippen LogP contribution in [0.25, 0.3) is 27.8 Å². The molecule has 5 aromatic rings. The molecule has 34 heavy (non-hydrogen) atoms. The van der Waals surface area contributed by atoms with Crippen LogP contribution in [-0.2, 0) is 6.18 Å². The lowest BCUT2D eigenvalue weighted by atomic mass is 10.1. The van der Waals surface area contributed by atoms with Gasteiger partial charge in [0.05, 0.1) is 23.0 Å². The number of nitrogens with one attached hydrogen (secondary N) is 1. The van der Waals surface area contributed by atoms with Gasteiger partial charge in [-0.05, 0) is 35.9 Å². The first-order valence-electron chi connectivity index (χ1n) is 10.6. The Hall–Kier alpha value is -4.39. The van der Waals surface area contributed by atoms with Crippen molar-refractivity contribution in [2.24, 2.45) is 5.10 Å². The summed E-state index contributed by atoms with van der Waals surface area (Å²) in [7, 11) is 0. The molecule has 0 atom stereocenters. The number of hydrogen-bond acceptors (Lipinski definition) is 3. The first-order chi connectivity index (χ1) is 16.5. The molecule has 0 unspecified atom stereocenters. The third-order valence-electron chi connectivity index (χ3n) is 5.44. The molecule has 7 heteroatoms. The van der Waals surface area contributed by atoms with Crippen LogP contribution in [-0.4, -0.2) is 15.8 Å². The van der Waals surface area contributed by atoms with E-state index in [1.807, 2.05) is 78.9 Å². The number of para-hydroxylation sites is 2. The second kappa shape index (κ2) is 8.86. The highest BCUT2D eigenvalue weighted by molar-refractivity contribution is 6.07. The molecular formula is C27H19F3N4. The number of hydrazone groups is 1. The van der Waals surface area contributed by atoms with E-state index in [9.17, 15) is 13.2 Å². The minimum Gasteiger partial charge on any atom is -0.309 e. The van der Waals surface area contributed by atoms with Crippen LogP contribution in [0.1, 0.15) is 11.1 Å². The van der Waals surface area contributed by atoms with E-state index in [1.165, 1.54) is 6.07 Å². The maximum absolute atomic E-state index is 12.8. The van der Waals surface area contributed by atoms with E-state index in [0.29, 0.717) is 0 Å². The topological polar surface area (TPSA) is 42.2 Å². The number of nitrogens with zero attached hydrogens (tertiary/aromatic N) is 3. The summed E-state index contributed by atoms with van der Waals surface area (Å²) in [4.78, 5) is 3.82. The average molecular weight is 456 g/mol. The number of anilines is 1. The fourth-order valence-electron chi connectivity index (χ4n) is 3.91. The van der Waals surface area contributed by atoms with Crippen molar-refractivity contribution < 1.29 is 13.2 Å². The van der Waals surface area contributed by atoms with Gasteiger partial charge in [0.2, 0.25) is 0 Å². The fraction of sp³-hybridized carbons (Fsp3) is 0.0370. The summed E-state index contributed by atoms with van der Waals surface area (Å²) in [5.41, 5.74) is 6.81. The summed E-state index contributed by atoms with van der Waals surface area (Å²) in [6.45, 7) is 0. The van der Waals surface area contributed by atoms with E-state index < -0.39 is 11.7 Å². The van der Waals surface area contributed by atoms with Gasteiger partial charge in [-0.1, -0.05) is 66.7 Å². The molecule has 0 bridgehead atoms. The lowest BCUT2D eigenvalue weighted by Crippen LogP contribution is -2.05. The number of pyridine rings is 1. The summed E-state index contributed by atoms with van der Waals surface area (Å²) in [6.07, 6.45) is -1.96. The first kappa shape index (κ1) is 21.5. The second-order valence-electron chi connectivity index (χ2n) is 7.62. The van der Waals surface area contributed by atoms with Gasteiger partial charge in [0.15, 0.2) is 0 Å². The third kappa shape index (κ3) is 4.15. The molecule has 3 aromatic carbocycles. The quantitative estimate of drug-likeness (QED) is 0.225. The van der Waals surface area contributed by atoms with Crippen molar-refractivity contribution in [3.8, 4) is 16.9 Å². The number of hydrogen-bond donors (Lipinski definition) is 1. The number of alkyl halides is 3. The van der Waals surface area contributed by atoms with Crippen LogP contribution in [0.5, 0.6) is 0 Å². The highest BCUT2D eigenvalue weighted by Crippen LogP contribution is 2.35. The van der Waals surface area contributed by atoms with Crippen molar-refractivity contribution in [1.82, 2.24) is 9.55 Å². The molecule has 0 amide bonds. The smallest absolute Gasteiger partial charge is 0.309 e. The van der Waals surface area contributed by atoms with Gasteiger partial charge in [0.25, 0.3) is 0 Å². The minimum atomic E-state index is -4.43. The van der Waals surface area contributed by atoms with Crippen molar-refractivity contribution in [2.45, 2.75) is 6.18 Å². The molecule has 2 aromatic heterocycles. The molecule has 0 saturated carbocycles. The van der Waals surface area contributed by atoms with E-state index in [-0.39, 0.29) is 5.82 Å². The molecule has 0 aliphatic heterocycles. The Kier molecular flexibility index (Phi) is 5.59.